The van der Waals surface area contributed by atoms with Crippen molar-refractivity contribution in [3.63, 3.8) is 0 Å². The summed E-state index contributed by atoms with van der Waals surface area (Å²) in [5.74, 6) is -1.85. The molecule has 2 N–H and O–H groups in total. The number of pyridine rings is 1. The van der Waals surface area contributed by atoms with Crippen LogP contribution in [0.2, 0.25) is 0 Å². The molecular weight excluding hydrogens is 375 g/mol. The summed E-state index contributed by atoms with van der Waals surface area (Å²) in [6, 6.07) is 6.95. The van der Waals surface area contributed by atoms with Crippen molar-refractivity contribution in [1.82, 2.24) is 9.88 Å². The van der Waals surface area contributed by atoms with Crippen LogP contribution in [0.1, 0.15) is 33.1 Å². The number of hydrogen-bond acceptors (Lipinski definition) is 4. The Balaban J connectivity index is 1.82. The molecule has 3 heterocycles. The Morgan fingerprint density at radius 1 is 1.24 bits per heavy atom. The van der Waals surface area contributed by atoms with Gasteiger partial charge in [-0.2, -0.15) is 0 Å². The van der Waals surface area contributed by atoms with E-state index in [0.717, 1.165) is 24.2 Å². The minimum Gasteiger partial charge on any atom is -0.477 e. The summed E-state index contributed by atoms with van der Waals surface area (Å²) in [5.41, 5.74) is 3.65. The largest absolute Gasteiger partial charge is 0.477 e. The number of benzene rings is 2. The van der Waals surface area contributed by atoms with Crippen molar-refractivity contribution in [2.24, 2.45) is 0 Å². The van der Waals surface area contributed by atoms with Gasteiger partial charge in [-0.25, -0.2) is 9.18 Å². The zero-order chi connectivity index (χ0) is 20.3. The monoisotopic (exact) mass is 394 g/mol. The Morgan fingerprint density at radius 3 is 2.69 bits per heavy atom. The molecule has 0 unspecified atom stereocenters. The fourth-order valence-electron chi connectivity index (χ4n) is 4.31. The van der Waals surface area contributed by atoms with E-state index in [0.29, 0.717) is 29.9 Å². The molecule has 0 radical (unpaired) electrons. The quantitative estimate of drug-likeness (QED) is 0.714. The summed E-state index contributed by atoms with van der Waals surface area (Å²) in [6.07, 6.45) is 1.36. The molecule has 2 aliphatic heterocycles. The number of nitrogens with one attached hydrogen (secondary N) is 1. The summed E-state index contributed by atoms with van der Waals surface area (Å²) < 4.78 is 22.3. The highest BCUT2D eigenvalue weighted by Gasteiger charge is 2.27. The van der Waals surface area contributed by atoms with Crippen molar-refractivity contribution in [3.8, 4) is 11.1 Å². The third-order valence-corrected chi connectivity index (χ3v) is 5.88. The molecule has 1 aromatic heterocycles. The Bertz CT molecular complexity index is 1240. The Morgan fingerprint density at radius 2 is 2.00 bits per heavy atom. The lowest BCUT2D eigenvalue weighted by Crippen LogP contribution is -2.33. The Labute approximate surface area is 165 Å². The van der Waals surface area contributed by atoms with E-state index in [1.807, 2.05) is 18.2 Å². The number of rotatable bonds is 3. The molecule has 0 atom stereocenters. The highest BCUT2D eigenvalue weighted by Crippen LogP contribution is 2.35. The molecule has 0 bridgehead atoms. The van der Waals surface area contributed by atoms with E-state index in [1.54, 1.807) is 11.5 Å². The highest BCUT2D eigenvalue weighted by molar-refractivity contribution is 5.95. The predicted molar refractivity (Wildman–Crippen MR) is 106 cm³/mol. The summed E-state index contributed by atoms with van der Waals surface area (Å²) in [5, 5.41) is 12.8. The molecule has 1 saturated heterocycles. The van der Waals surface area contributed by atoms with Gasteiger partial charge in [-0.3, -0.25) is 4.79 Å². The minimum absolute atomic E-state index is 0.0818. The molecule has 0 spiro atoms. The van der Waals surface area contributed by atoms with Gasteiger partial charge in [-0.1, -0.05) is 12.1 Å². The van der Waals surface area contributed by atoms with E-state index in [1.165, 1.54) is 17.8 Å². The molecule has 6 nitrogen and oxygen atoms in total. The summed E-state index contributed by atoms with van der Waals surface area (Å²) in [7, 11) is 0. The first-order valence-corrected chi connectivity index (χ1v) is 9.47. The third kappa shape index (κ3) is 2.69. The molecule has 5 rings (SSSR count). The number of fused-ring (bicyclic) bond motifs is 2. The normalized spacial score (nSPS) is 16.1. The van der Waals surface area contributed by atoms with Crippen LogP contribution in [0.25, 0.3) is 22.0 Å². The SMILES string of the molecule is Cc1c(-c2ccc3c(c2)CNC3)c(F)cc2c(=O)c(C(=O)O)cn(C3COC3)c12. The van der Waals surface area contributed by atoms with Crippen molar-refractivity contribution in [2.75, 3.05) is 13.2 Å². The zero-order valence-corrected chi connectivity index (χ0v) is 15.8. The van der Waals surface area contributed by atoms with Crippen molar-refractivity contribution in [1.29, 1.82) is 0 Å². The summed E-state index contributed by atoms with van der Waals surface area (Å²) >= 11 is 0. The molecule has 0 amide bonds. The molecule has 1 fully saturated rings. The number of aromatic nitrogens is 1. The van der Waals surface area contributed by atoms with Crippen molar-refractivity contribution >= 4 is 16.9 Å². The molecule has 7 heteroatoms. The molecular formula is C22H19FN2O4. The minimum atomic E-state index is -1.32. The van der Waals surface area contributed by atoms with Crippen molar-refractivity contribution in [3.05, 3.63) is 68.8 Å². The topological polar surface area (TPSA) is 80.6 Å². The van der Waals surface area contributed by atoms with E-state index in [9.17, 15) is 14.7 Å². The van der Waals surface area contributed by atoms with E-state index in [2.05, 4.69) is 5.32 Å². The summed E-state index contributed by atoms with van der Waals surface area (Å²) in [4.78, 5) is 24.3. The van der Waals surface area contributed by atoms with E-state index in [-0.39, 0.29) is 17.0 Å². The van der Waals surface area contributed by atoms with E-state index >= 15 is 4.39 Å². The number of ether oxygens (including phenoxy) is 1. The first-order chi connectivity index (χ1) is 14.0. The van der Waals surface area contributed by atoms with Crippen LogP contribution >= 0.6 is 0 Å². The molecule has 2 aromatic carbocycles. The smallest absolute Gasteiger partial charge is 0.341 e. The number of carbonyl (C=O) groups is 1. The number of halogens is 1. The van der Waals surface area contributed by atoms with Crippen LogP contribution < -0.4 is 10.7 Å². The van der Waals surface area contributed by atoms with Gasteiger partial charge in [0, 0.05) is 30.2 Å². The maximum Gasteiger partial charge on any atom is 0.341 e. The van der Waals surface area contributed by atoms with Crippen LogP contribution in [0.4, 0.5) is 4.39 Å². The molecule has 0 saturated carbocycles. The Hall–Kier alpha value is -3.03. The standard InChI is InChI=1S/C22H19FN2O4/c1-11-19(12-2-3-13-6-24-7-14(13)4-12)18(23)5-16-20(11)25(15-9-29-10-15)8-17(21(16)26)22(27)28/h2-5,8,15,24H,6-7,9-10H2,1H3,(H,27,28). The average Bonchev–Trinajstić information content (AvgIpc) is 3.10. The van der Waals surface area contributed by atoms with Gasteiger partial charge < -0.3 is 19.7 Å². The van der Waals surface area contributed by atoms with Gasteiger partial charge in [0.2, 0.25) is 5.43 Å². The number of carboxylic acids is 1. The lowest BCUT2D eigenvalue weighted by Gasteiger charge is -2.31. The van der Waals surface area contributed by atoms with Gasteiger partial charge in [-0.05, 0) is 41.3 Å². The van der Waals surface area contributed by atoms with Crippen molar-refractivity contribution in [2.45, 2.75) is 26.1 Å². The fraction of sp³-hybridized carbons (Fsp3) is 0.273. The molecule has 29 heavy (non-hydrogen) atoms. The van der Waals surface area contributed by atoms with Gasteiger partial charge in [0.05, 0.1) is 24.8 Å². The van der Waals surface area contributed by atoms with Crippen LogP contribution in [0.15, 0.2) is 35.3 Å². The van der Waals surface area contributed by atoms with Gasteiger partial charge >= 0.3 is 5.97 Å². The second-order valence-corrected chi connectivity index (χ2v) is 7.62. The molecule has 3 aromatic rings. The average molecular weight is 394 g/mol. The third-order valence-electron chi connectivity index (χ3n) is 5.88. The van der Waals surface area contributed by atoms with Gasteiger partial charge in [0.1, 0.15) is 11.4 Å². The van der Waals surface area contributed by atoms with Crippen LogP contribution in [-0.4, -0.2) is 28.9 Å². The van der Waals surface area contributed by atoms with Crippen LogP contribution in [-0.2, 0) is 17.8 Å². The summed E-state index contributed by atoms with van der Waals surface area (Å²) in [6.45, 7) is 4.17. The van der Waals surface area contributed by atoms with Crippen LogP contribution in [0.5, 0.6) is 0 Å². The molecule has 2 aliphatic rings. The van der Waals surface area contributed by atoms with Crippen molar-refractivity contribution < 1.29 is 19.0 Å². The van der Waals surface area contributed by atoms with Crippen LogP contribution in [0, 0.1) is 12.7 Å². The maximum absolute atomic E-state index is 15.2. The first kappa shape index (κ1) is 18.0. The Kier molecular flexibility index (Phi) is 4.04. The van der Waals surface area contributed by atoms with Gasteiger partial charge in [0.15, 0.2) is 0 Å². The van der Waals surface area contributed by atoms with E-state index < -0.39 is 17.2 Å². The first-order valence-electron chi connectivity index (χ1n) is 9.47. The zero-order valence-electron chi connectivity index (χ0n) is 15.8. The second-order valence-electron chi connectivity index (χ2n) is 7.62. The number of carboxylic acid groups (broad SMARTS) is 1. The lowest BCUT2D eigenvalue weighted by atomic mass is 9.93. The fourth-order valence-corrected chi connectivity index (χ4v) is 4.31. The van der Waals surface area contributed by atoms with E-state index in [4.69, 9.17) is 4.74 Å². The maximum atomic E-state index is 15.2. The number of aryl methyl sites for hydroxylation is 1. The highest BCUT2D eigenvalue weighted by atomic mass is 19.1. The van der Waals surface area contributed by atoms with Gasteiger partial charge in [0.25, 0.3) is 0 Å². The predicted octanol–water partition coefficient (Wildman–Crippen LogP) is 2.99. The van der Waals surface area contributed by atoms with Crippen LogP contribution in [0.3, 0.4) is 0 Å². The molecule has 148 valence electrons. The molecule has 0 aliphatic carbocycles. The van der Waals surface area contributed by atoms with Gasteiger partial charge in [-0.15, -0.1) is 0 Å². The second kappa shape index (κ2) is 6.50. The number of hydrogen-bond donors (Lipinski definition) is 2. The lowest BCUT2D eigenvalue weighted by molar-refractivity contribution is -0.0217. The number of aromatic carboxylic acids is 1. The number of nitrogens with zero attached hydrogens (tertiary/aromatic N) is 1.